The third-order valence-electron chi connectivity index (χ3n) is 5.65. The Kier molecular flexibility index (Phi) is 4.86. The number of benzene rings is 2. The molecule has 2 aromatic carbocycles. The summed E-state index contributed by atoms with van der Waals surface area (Å²) in [5.41, 5.74) is 2.35. The number of nitrogens with zero attached hydrogens (tertiary/aromatic N) is 1. The smallest absolute Gasteiger partial charge is 0.245 e. The number of fused-ring (bicyclic) bond motifs is 1. The Morgan fingerprint density at radius 3 is 2.46 bits per heavy atom. The molecule has 2 aliphatic rings. The van der Waals surface area contributed by atoms with Crippen LogP contribution in [0.15, 0.2) is 59.5 Å². The van der Waals surface area contributed by atoms with Gasteiger partial charge in [0.05, 0.1) is 4.90 Å². The summed E-state index contributed by atoms with van der Waals surface area (Å²) in [6.07, 6.45) is 2.46. The van der Waals surface area contributed by atoms with Crippen molar-refractivity contribution >= 4 is 10.0 Å². The van der Waals surface area contributed by atoms with E-state index in [9.17, 15) is 8.42 Å². The van der Waals surface area contributed by atoms with E-state index in [-0.39, 0.29) is 12.1 Å². The molecule has 0 spiro atoms. The first-order valence-electron chi connectivity index (χ1n) is 9.32. The molecule has 26 heavy (non-hydrogen) atoms. The molecule has 0 amide bonds. The van der Waals surface area contributed by atoms with Crippen LogP contribution in [0.4, 0.5) is 0 Å². The van der Waals surface area contributed by atoms with Crippen molar-refractivity contribution in [3.63, 3.8) is 0 Å². The average molecular weight is 372 g/mol. The largest absolute Gasteiger partial charge is 0.362 e. The van der Waals surface area contributed by atoms with E-state index >= 15 is 0 Å². The number of hydrogen-bond acceptors (Lipinski definition) is 3. The summed E-state index contributed by atoms with van der Waals surface area (Å²) in [7, 11) is -3.55. The monoisotopic (exact) mass is 371 g/mol. The lowest BCUT2D eigenvalue weighted by Gasteiger charge is -2.46. The molecule has 0 aromatic heterocycles. The van der Waals surface area contributed by atoms with Gasteiger partial charge in [0.2, 0.25) is 10.0 Å². The fourth-order valence-corrected chi connectivity index (χ4v) is 5.90. The van der Waals surface area contributed by atoms with Crippen LogP contribution in [0.25, 0.3) is 0 Å². The fourth-order valence-electron chi connectivity index (χ4n) is 4.31. The molecule has 4 rings (SSSR count). The minimum Gasteiger partial charge on any atom is -0.362 e. The molecule has 0 radical (unpaired) electrons. The summed E-state index contributed by atoms with van der Waals surface area (Å²) in [6, 6.07) is 17.5. The van der Waals surface area contributed by atoms with Gasteiger partial charge in [-0.05, 0) is 49.8 Å². The first-order chi connectivity index (χ1) is 12.6. The topological polar surface area (TPSA) is 46.6 Å². The van der Waals surface area contributed by atoms with E-state index < -0.39 is 10.0 Å². The molecule has 0 saturated carbocycles. The van der Waals surface area contributed by atoms with Crippen molar-refractivity contribution in [1.29, 1.82) is 0 Å². The number of rotatable bonds is 3. The van der Waals surface area contributed by atoms with Gasteiger partial charge in [-0.15, -0.1) is 0 Å². The molecule has 0 N–H and O–H groups in total. The van der Waals surface area contributed by atoms with Crippen LogP contribution in [-0.4, -0.2) is 32.1 Å². The number of hydrogen-bond donors (Lipinski definition) is 0. The third-order valence-corrected chi connectivity index (χ3v) is 7.53. The Bertz CT molecular complexity index is 849. The third kappa shape index (κ3) is 3.20. The maximum Gasteiger partial charge on any atom is 0.245 e. The van der Waals surface area contributed by atoms with Gasteiger partial charge in [-0.25, -0.2) is 8.42 Å². The number of piperidine rings is 1. The second-order valence-electron chi connectivity index (χ2n) is 7.30. The number of aryl methyl sites for hydroxylation is 1. The van der Waals surface area contributed by atoms with Gasteiger partial charge in [0.25, 0.3) is 0 Å². The van der Waals surface area contributed by atoms with E-state index in [4.69, 9.17) is 4.74 Å². The van der Waals surface area contributed by atoms with Gasteiger partial charge in [-0.3, -0.25) is 0 Å². The van der Waals surface area contributed by atoms with Gasteiger partial charge in [-0.2, -0.15) is 4.31 Å². The highest BCUT2D eigenvalue weighted by Crippen LogP contribution is 2.43. The zero-order valence-corrected chi connectivity index (χ0v) is 15.9. The highest BCUT2D eigenvalue weighted by Gasteiger charge is 2.45. The summed E-state index contributed by atoms with van der Waals surface area (Å²) in [5.74, 6) is 0.561. The van der Waals surface area contributed by atoms with Gasteiger partial charge >= 0.3 is 0 Å². The van der Waals surface area contributed by atoms with E-state index in [1.54, 1.807) is 16.4 Å². The maximum absolute atomic E-state index is 13.2. The van der Waals surface area contributed by atoms with Gasteiger partial charge in [0, 0.05) is 19.1 Å². The van der Waals surface area contributed by atoms with Crippen molar-refractivity contribution in [3.05, 3.63) is 65.7 Å². The van der Waals surface area contributed by atoms with Crippen LogP contribution < -0.4 is 0 Å². The van der Waals surface area contributed by atoms with E-state index in [1.807, 2.05) is 25.1 Å². The molecule has 0 aliphatic carbocycles. The lowest BCUT2D eigenvalue weighted by molar-refractivity contribution is -0.113. The number of sulfonamides is 1. The second kappa shape index (κ2) is 7.14. The molecule has 2 saturated heterocycles. The lowest BCUT2D eigenvalue weighted by atomic mass is 9.77. The molecular weight excluding hydrogens is 346 g/mol. The zero-order valence-electron chi connectivity index (χ0n) is 15.0. The minimum atomic E-state index is -3.55. The van der Waals surface area contributed by atoms with Gasteiger partial charge in [0.15, 0.2) is 0 Å². The number of ether oxygens (including phenoxy) is 1. The van der Waals surface area contributed by atoms with Crippen molar-refractivity contribution in [1.82, 2.24) is 4.31 Å². The van der Waals surface area contributed by atoms with Crippen LogP contribution in [0.3, 0.4) is 0 Å². The van der Waals surface area contributed by atoms with Gasteiger partial charge < -0.3 is 4.74 Å². The second-order valence-corrected chi connectivity index (χ2v) is 9.19. The molecule has 2 fully saturated rings. The maximum atomic E-state index is 13.2. The fraction of sp³-hybridized carbons (Fsp3) is 0.429. The minimum absolute atomic E-state index is 0.208. The predicted molar refractivity (Wildman–Crippen MR) is 101 cm³/mol. The summed E-state index contributed by atoms with van der Waals surface area (Å²) in [5, 5.41) is 0. The Morgan fingerprint density at radius 1 is 1.00 bits per heavy atom. The zero-order chi connectivity index (χ0) is 18.1. The molecule has 138 valence electrons. The Labute approximate surface area is 155 Å². The van der Waals surface area contributed by atoms with Crippen molar-refractivity contribution in [2.24, 2.45) is 5.92 Å². The van der Waals surface area contributed by atoms with Crippen LogP contribution in [0, 0.1) is 12.8 Å². The summed E-state index contributed by atoms with van der Waals surface area (Å²) < 4.78 is 34.1. The first kappa shape index (κ1) is 17.7. The van der Waals surface area contributed by atoms with Crippen molar-refractivity contribution in [2.75, 3.05) is 13.2 Å². The molecule has 4 nitrogen and oxygen atoms in total. The molecule has 2 aromatic rings. The molecule has 3 atom stereocenters. The van der Waals surface area contributed by atoms with Crippen LogP contribution in [0.1, 0.15) is 36.3 Å². The normalized spacial score (nSPS) is 27.0. The highest BCUT2D eigenvalue weighted by molar-refractivity contribution is 7.89. The Hall–Kier alpha value is -1.69. The van der Waals surface area contributed by atoms with Crippen molar-refractivity contribution in [2.45, 2.75) is 43.2 Å². The Balaban J connectivity index is 1.66. The van der Waals surface area contributed by atoms with Crippen LogP contribution in [0.5, 0.6) is 0 Å². The molecule has 2 heterocycles. The quantitative estimate of drug-likeness (QED) is 0.821. The van der Waals surface area contributed by atoms with Crippen molar-refractivity contribution in [3.8, 4) is 0 Å². The predicted octanol–water partition coefficient (Wildman–Crippen LogP) is 3.93. The molecule has 0 unspecified atom stereocenters. The highest BCUT2D eigenvalue weighted by atomic mass is 32.2. The van der Waals surface area contributed by atoms with Crippen molar-refractivity contribution < 1.29 is 13.2 Å². The Morgan fingerprint density at radius 2 is 1.73 bits per heavy atom. The lowest BCUT2D eigenvalue weighted by Crippen LogP contribution is -2.53. The van der Waals surface area contributed by atoms with E-state index in [0.29, 0.717) is 24.0 Å². The summed E-state index contributed by atoms with van der Waals surface area (Å²) >= 11 is 0. The van der Waals surface area contributed by atoms with Gasteiger partial charge in [-0.1, -0.05) is 48.0 Å². The first-order valence-corrected chi connectivity index (χ1v) is 10.8. The SMILES string of the molecule is Cc1ccc(S(=O)(=O)N2CC[C@H](c3ccccc3)[C@H]3CCCO[C@H]32)cc1. The average Bonchev–Trinajstić information content (AvgIpc) is 2.68. The molecule has 2 aliphatic heterocycles. The van der Waals surface area contributed by atoms with E-state index in [0.717, 1.165) is 24.8 Å². The van der Waals surface area contributed by atoms with Crippen LogP contribution >= 0.6 is 0 Å². The summed E-state index contributed by atoms with van der Waals surface area (Å²) in [6.45, 7) is 3.08. The van der Waals surface area contributed by atoms with Crippen LogP contribution in [0.2, 0.25) is 0 Å². The standard InChI is InChI=1S/C21H25NO3S/c1-16-9-11-18(12-10-16)26(23,24)22-14-13-19(17-6-3-2-4-7-17)20-8-5-15-25-21(20)22/h2-4,6-7,9-12,19-21H,5,8,13-15H2,1H3/t19-,20-,21-/m1/s1. The van der Waals surface area contributed by atoms with Gasteiger partial charge in [0.1, 0.15) is 6.23 Å². The van der Waals surface area contributed by atoms with E-state index in [2.05, 4.69) is 24.3 Å². The molecular formula is C21H25NO3S. The molecule has 0 bridgehead atoms. The molecule has 5 heteroatoms. The van der Waals surface area contributed by atoms with E-state index in [1.165, 1.54) is 5.56 Å². The van der Waals surface area contributed by atoms with Crippen LogP contribution in [-0.2, 0) is 14.8 Å². The summed E-state index contributed by atoms with van der Waals surface area (Å²) in [4.78, 5) is 0.356.